The molecule has 19 atom stereocenters. The Bertz CT molecular complexity index is 2110. The van der Waals surface area contributed by atoms with E-state index in [0.29, 0.717) is 38.0 Å². The first-order valence-corrected chi connectivity index (χ1v) is 26.3. The van der Waals surface area contributed by atoms with Gasteiger partial charge in [0.05, 0.1) is 101 Å². The van der Waals surface area contributed by atoms with Gasteiger partial charge in [0.15, 0.2) is 25.0 Å². The van der Waals surface area contributed by atoms with E-state index in [9.17, 15) is 59.7 Å². The molecule has 29 nitrogen and oxygen atoms in total. The summed E-state index contributed by atoms with van der Waals surface area (Å²) in [6.07, 6.45) is -12.6. The first-order valence-electron chi connectivity index (χ1n) is 26.3. The number of aliphatic hydroxyl groups is 6. The Labute approximate surface area is 450 Å². The molecule has 0 aliphatic carbocycles. The quantitative estimate of drug-likeness (QED) is 0.0190. The summed E-state index contributed by atoms with van der Waals surface area (Å²) in [5.41, 5.74) is 12.3. The van der Waals surface area contributed by atoms with Crippen LogP contribution in [0.2, 0.25) is 0 Å². The second-order valence-corrected chi connectivity index (χ2v) is 19.8. The molecule has 12 N–H and O–H groups in total. The third-order valence-electron chi connectivity index (χ3n) is 14.3. The zero-order valence-corrected chi connectivity index (χ0v) is 43.9. The number of carbonyl (C=O) groups is 5. The zero-order valence-electron chi connectivity index (χ0n) is 43.9. The number of hydrogen-bond donors (Lipinski definition) is 10. The van der Waals surface area contributed by atoms with Crippen molar-refractivity contribution in [2.24, 2.45) is 23.3 Å². The SMILES string of the molecule is C=C[C@@H]1O[C@H](C=C)[C@@H]2C(=O)N(CCCCCN(Cc3cn(CCOCCO[C@@H]4OC(C(=O)O)[C@@H](O[C@H]5OC(C)[C@@H](O)[C@H](O)C5N)[C@H](O)C4O)nn3)C(=O)CCC(=O)NCCOCCCO[C@H]3OC(C)[C@@H](O)[C@H](O)C3N)C(=O)[C@@H]21. The van der Waals surface area contributed by atoms with Crippen LogP contribution in [-0.2, 0) is 79.7 Å². The molecule has 0 aromatic carbocycles. The number of amides is 4. The van der Waals surface area contributed by atoms with Gasteiger partial charge in [-0.15, -0.1) is 18.3 Å². The van der Waals surface area contributed by atoms with Crippen molar-refractivity contribution in [2.45, 2.75) is 170 Å². The molecular formula is C49H78N8O21. The molecule has 1 aromatic heterocycles. The monoisotopic (exact) mass is 1110 g/mol. The number of carboxylic acids is 1. The minimum atomic E-state index is -1.86. The van der Waals surface area contributed by atoms with Gasteiger partial charge in [-0.05, 0) is 39.5 Å². The van der Waals surface area contributed by atoms with Gasteiger partial charge < -0.3 is 100 Å². The van der Waals surface area contributed by atoms with Crippen molar-refractivity contribution in [3.05, 3.63) is 37.2 Å². The third kappa shape index (κ3) is 15.9. The van der Waals surface area contributed by atoms with E-state index in [0.717, 1.165) is 0 Å². The molecule has 0 spiro atoms. The summed E-state index contributed by atoms with van der Waals surface area (Å²) in [6, 6.07) is -2.23. The van der Waals surface area contributed by atoms with E-state index in [2.05, 4.69) is 28.8 Å². The molecule has 0 bridgehead atoms. The average Bonchev–Trinajstić information content (AvgIpc) is 4.12. The van der Waals surface area contributed by atoms with Crippen LogP contribution in [-0.4, -0.2) is 254 Å². The van der Waals surface area contributed by atoms with Gasteiger partial charge >= 0.3 is 5.97 Å². The van der Waals surface area contributed by atoms with Gasteiger partial charge in [-0.25, -0.2) is 9.48 Å². The Morgan fingerprint density at radius 3 is 2.00 bits per heavy atom. The first kappa shape index (κ1) is 62.7. The lowest BCUT2D eigenvalue weighted by molar-refractivity contribution is -0.337. The second-order valence-electron chi connectivity index (χ2n) is 19.8. The van der Waals surface area contributed by atoms with Gasteiger partial charge in [0, 0.05) is 39.1 Å². The second kappa shape index (κ2) is 29.8. The maximum atomic E-state index is 13.7. The van der Waals surface area contributed by atoms with Crippen LogP contribution in [0.15, 0.2) is 31.5 Å². The number of nitrogens with zero attached hydrogens (tertiary/aromatic N) is 5. The first-order chi connectivity index (χ1) is 37.3. The number of hydrogen-bond acceptors (Lipinski definition) is 24. The Morgan fingerprint density at radius 1 is 0.718 bits per heavy atom. The summed E-state index contributed by atoms with van der Waals surface area (Å²) >= 11 is 0. The lowest BCUT2D eigenvalue weighted by Gasteiger charge is -2.45. The van der Waals surface area contributed by atoms with Crippen LogP contribution in [0.5, 0.6) is 0 Å². The Kier molecular flexibility index (Phi) is 24.0. The Hall–Kier alpha value is -4.51. The molecule has 5 aliphatic heterocycles. The fourth-order valence-corrected chi connectivity index (χ4v) is 9.73. The highest BCUT2D eigenvalue weighted by Gasteiger charge is 2.58. The Balaban J connectivity index is 0.925. The van der Waals surface area contributed by atoms with E-state index in [-0.39, 0.29) is 102 Å². The van der Waals surface area contributed by atoms with E-state index in [1.54, 1.807) is 18.0 Å². The molecule has 1 aromatic rings. The summed E-state index contributed by atoms with van der Waals surface area (Å²) in [6.45, 7) is 12.0. The topological polar surface area (TPSA) is 411 Å². The lowest BCUT2D eigenvalue weighted by Crippen LogP contribution is -2.66. The van der Waals surface area contributed by atoms with Crippen LogP contribution in [0.3, 0.4) is 0 Å². The number of nitrogens with two attached hydrogens (primary N) is 2. The van der Waals surface area contributed by atoms with Crippen LogP contribution in [0.25, 0.3) is 0 Å². The standard InChI is InChI=1S/C49H78N8O21/c1-5-28-32-33(29(6-2)76-28)45(67)57(44(32)66)15-9-7-8-14-55(31(59)12-11-30(58)52-13-19-70-17-10-18-72-47-34(50)38(62)36(60)25(3)74-47)23-27-24-56(54-53-27)16-20-71-21-22-73-49-41(65)40(64)42(43(78-49)46(68)69)77-48-35(51)39(63)37(61)26(4)75-48/h5-6,24-26,28-29,32-43,47-49,60-65H,1-2,7-23,50-51H2,3-4H3,(H,52,58)(H,68,69)/t25?,26?,28-,29+,32+,33-,34?,35?,36-,37-,38-,39-,40-,41?,42+,43?,47+,48-,49-/m1/s1. The van der Waals surface area contributed by atoms with Gasteiger partial charge in [-0.1, -0.05) is 17.4 Å². The number of rotatable bonds is 31. The van der Waals surface area contributed by atoms with Crippen LogP contribution < -0.4 is 16.8 Å². The van der Waals surface area contributed by atoms with Crippen molar-refractivity contribution in [3.8, 4) is 0 Å². The molecule has 78 heavy (non-hydrogen) atoms. The number of nitrogens with one attached hydrogen (secondary N) is 1. The molecule has 0 radical (unpaired) electrons. The maximum absolute atomic E-state index is 13.7. The molecule has 29 heteroatoms. The smallest absolute Gasteiger partial charge is 0.335 e. The zero-order chi connectivity index (χ0) is 56.8. The van der Waals surface area contributed by atoms with Gasteiger partial charge in [-0.2, -0.15) is 0 Å². The number of aliphatic hydroxyl groups excluding tert-OH is 6. The number of likely N-dealkylation sites (tertiary alicyclic amines) is 1. The van der Waals surface area contributed by atoms with Crippen molar-refractivity contribution in [3.63, 3.8) is 0 Å². The largest absolute Gasteiger partial charge is 0.479 e. The number of unbranched alkanes of at least 4 members (excludes halogenated alkanes) is 2. The molecule has 6 heterocycles. The molecular weight excluding hydrogens is 1040 g/mol. The van der Waals surface area contributed by atoms with E-state index in [1.165, 1.54) is 28.7 Å². The number of imide groups is 1. The fourth-order valence-electron chi connectivity index (χ4n) is 9.73. The highest BCUT2D eigenvalue weighted by Crippen LogP contribution is 2.41. The number of ether oxygens (including phenoxy) is 9. The van der Waals surface area contributed by atoms with Crippen molar-refractivity contribution in [2.75, 3.05) is 59.3 Å². The molecule has 5 fully saturated rings. The van der Waals surface area contributed by atoms with Crippen LogP contribution in [0, 0.1) is 11.8 Å². The summed E-state index contributed by atoms with van der Waals surface area (Å²) in [5.74, 6) is -4.18. The van der Waals surface area contributed by atoms with Crippen LogP contribution >= 0.6 is 0 Å². The van der Waals surface area contributed by atoms with E-state index in [1.807, 2.05) is 0 Å². The third-order valence-corrected chi connectivity index (χ3v) is 14.3. The van der Waals surface area contributed by atoms with Gasteiger partial charge in [0.25, 0.3) is 0 Å². The normalized spacial score (nSPS) is 34.9. The van der Waals surface area contributed by atoms with E-state index < -0.39 is 122 Å². The number of carbonyl (C=O) groups excluding carboxylic acids is 4. The summed E-state index contributed by atoms with van der Waals surface area (Å²) in [5, 5.41) is 82.9. The average molecular weight is 1120 g/mol. The van der Waals surface area contributed by atoms with E-state index >= 15 is 0 Å². The highest BCUT2D eigenvalue weighted by atomic mass is 16.7. The minimum Gasteiger partial charge on any atom is -0.479 e. The molecule has 6 unspecified atom stereocenters. The van der Waals surface area contributed by atoms with Crippen LogP contribution in [0.1, 0.15) is 58.1 Å². The van der Waals surface area contributed by atoms with Crippen molar-refractivity contribution >= 4 is 29.6 Å². The predicted molar refractivity (Wildman–Crippen MR) is 264 cm³/mol. The number of carboxylic acid groups (broad SMARTS) is 1. The number of aliphatic carboxylic acids is 1. The fraction of sp³-hybridized carbons (Fsp3) is 0.776. The molecule has 5 saturated heterocycles. The summed E-state index contributed by atoms with van der Waals surface area (Å²) < 4.78 is 51.7. The Morgan fingerprint density at radius 2 is 1.35 bits per heavy atom. The van der Waals surface area contributed by atoms with Gasteiger partial charge in [-0.3, -0.25) is 24.1 Å². The van der Waals surface area contributed by atoms with Crippen LogP contribution in [0.4, 0.5) is 0 Å². The lowest BCUT2D eigenvalue weighted by atomic mass is 9.89. The molecule has 440 valence electrons. The number of fused-ring (bicyclic) bond motifs is 1. The maximum Gasteiger partial charge on any atom is 0.335 e. The van der Waals surface area contributed by atoms with Crippen molar-refractivity contribution in [1.29, 1.82) is 0 Å². The van der Waals surface area contributed by atoms with Gasteiger partial charge in [0.1, 0.15) is 48.4 Å². The molecule has 4 amide bonds. The predicted octanol–water partition coefficient (Wildman–Crippen LogP) is -4.63. The summed E-state index contributed by atoms with van der Waals surface area (Å²) in [4.78, 5) is 68.0. The van der Waals surface area contributed by atoms with Crippen molar-refractivity contribution in [1.82, 2.24) is 30.1 Å². The van der Waals surface area contributed by atoms with Gasteiger partial charge in [0.2, 0.25) is 23.6 Å². The molecule has 0 saturated carbocycles. The van der Waals surface area contributed by atoms with Crippen molar-refractivity contribution < 1.29 is 102 Å². The van der Waals surface area contributed by atoms with E-state index in [4.69, 9.17) is 54.1 Å². The summed E-state index contributed by atoms with van der Waals surface area (Å²) in [7, 11) is 0. The molecule has 6 rings (SSSR count). The molecule has 5 aliphatic rings. The highest BCUT2D eigenvalue weighted by molar-refractivity contribution is 6.06. The minimum absolute atomic E-state index is 0.0505. The number of aromatic nitrogens is 3.